The summed E-state index contributed by atoms with van der Waals surface area (Å²) in [6.45, 7) is 1.97. The van der Waals surface area contributed by atoms with Crippen molar-refractivity contribution in [3.05, 3.63) is 65.5 Å². The molecule has 104 valence electrons. The number of hydrogen-bond donors (Lipinski definition) is 1. The lowest BCUT2D eigenvalue weighted by Gasteiger charge is -2.03. The Kier molecular flexibility index (Phi) is 3.36. The number of hydrogen-bond acceptors (Lipinski definition) is 2. The molecule has 0 saturated heterocycles. The minimum Gasteiger partial charge on any atom is -0.298 e. The van der Waals surface area contributed by atoms with Gasteiger partial charge in [0.15, 0.2) is 6.29 Å². The van der Waals surface area contributed by atoms with Gasteiger partial charge in [0.25, 0.3) is 0 Å². The number of aromatic amines is 1. The van der Waals surface area contributed by atoms with Crippen LogP contribution < -0.4 is 0 Å². The lowest BCUT2D eigenvalue weighted by molar-refractivity contribution is 0.112. The lowest BCUT2D eigenvalue weighted by atomic mass is 10.0. The van der Waals surface area contributed by atoms with Crippen molar-refractivity contribution in [2.75, 3.05) is 0 Å². The van der Waals surface area contributed by atoms with E-state index in [1.807, 2.05) is 25.1 Å². The number of nitrogens with one attached hydrogen (secondary N) is 1. The van der Waals surface area contributed by atoms with Gasteiger partial charge >= 0.3 is 0 Å². The van der Waals surface area contributed by atoms with Gasteiger partial charge in [0, 0.05) is 16.7 Å². The maximum absolute atomic E-state index is 12.9. The minimum atomic E-state index is -0.281. The van der Waals surface area contributed by atoms with E-state index in [1.54, 1.807) is 18.2 Å². The van der Waals surface area contributed by atoms with Crippen molar-refractivity contribution < 1.29 is 9.18 Å². The van der Waals surface area contributed by atoms with E-state index in [-0.39, 0.29) is 5.82 Å². The fourth-order valence-electron chi connectivity index (χ4n) is 2.23. The van der Waals surface area contributed by atoms with E-state index in [0.29, 0.717) is 11.3 Å². The molecule has 1 aromatic heterocycles. The molecule has 0 saturated carbocycles. The van der Waals surface area contributed by atoms with Crippen LogP contribution >= 0.6 is 0 Å². The molecule has 0 spiro atoms. The molecule has 21 heavy (non-hydrogen) atoms. The first-order chi connectivity index (χ1) is 10.2. The molecule has 3 nitrogen and oxygen atoms in total. The molecule has 0 radical (unpaired) electrons. The Morgan fingerprint density at radius 2 is 1.86 bits per heavy atom. The molecule has 0 unspecified atom stereocenters. The molecule has 4 heteroatoms. The van der Waals surface area contributed by atoms with Crippen LogP contribution in [-0.2, 0) is 0 Å². The lowest BCUT2D eigenvalue weighted by Crippen LogP contribution is -1.88. The third-order valence-corrected chi connectivity index (χ3v) is 3.34. The zero-order valence-electron chi connectivity index (χ0n) is 11.4. The summed E-state index contributed by atoms with van der Waals surface area (Å²) in [5.41, 5.74) is 4.77. The van der Waals surface area contributed by atoms with E-state index in [4.69, 9.17) is 0 Å². The maximum atomic E-state index is 12.9. The summed E-state index contributed by atoms with van der Waals surface area (Å²) in [4.78, 5) is 11.2. The predicted molar refractivity (Wildman–Crippen MR) is 79.5 cm³/mol. The third kappa shape index (κ3) is 2.60. The van der Waals surface area contributed by atoms with Gasteiger partial charge in [0.1, 0.15) is 5.82 Å². The molecular formula is C17H13FN2O. The fraction of sp³-hybridized carbons (Fsp3) is 0.0588. The van der Waals surface area contributed by atoms with Crippen LogP contribution in [0.3, 0.4) is 0 Å². The smallest absolute Gasteiger partial charge is 0.150 e. The van der Waals surface area contributed by atoms with Crippen LogP contribution in [0.1, 0.15) is 15.9 Å². The van der Waals surface area contributed by atoms with E-state index in [1.165, 1.54) is 12.1 Å². The molecule has 0 amide bonds. The van der Waals surface area contributed by atoms with Crippen LogP contribution in [0.5, 0.6) is 0 Å². The molecule has 3 aromatic rings. The molecule has 3 rings (SSSR count). The molecule has 0 fully saturated rings. The summed E-state index contributed by atoms with van der Waals surface area (Å²) in [5.74, 6) is -0.281. The van der Waals surface area contributed by atoms with Crippen LogP contribution in [0.25, 0.3) is 22.5 Å². The first-order valence-electron chi connectivity index (χ1n) is 6.55. The van der Waals surface area contributed by atoms with Gasteiger partial charge < -0.3 is 0 Å². The van der Waals surface area contributed by atoms with Crippen molar-refractivity contribution >= 4 is 6.29 Å². The first-order valence-corrected chi connectivity index (χ1v) is 6.55. The summed E-state index contributed by atoms with van der Waals surface area (Å²) < 4.78 is 12.9. The highest BCUT2D eigenvalue weighted by molar-refractivity contribution is 5.87. The number of aromatic nitrogens is 2. The van der Waals surface area contributed by atoms with Gasteiger partial charge in [-0.15, -0.1) is 0 Å². The van der Waals surface area contributed by atoms with Gasteiger partial charge in [-0.25, -0.2) is 4.39 Å². The van der Waals surface area contributed by atoms with Gasteiger partial charge in [-0.05, 0) is 43.3 Å². The Morgan fingerprint density at radius 3 is 2.57 bits per heavy atom. The van der Waals surface area contributed by atoms with Crippen molar-refractivity contribution in [2.24, 2.45) is 0 Å². The monoisotopic (exact) mass is 280 g/mol. The van der Waals surface area contributed by atoms with Gasteiger partial charge in [0.05, 0.1) is 11.4 Å². The summed E-state index contributed by atoms with van der Waals surface area (Å²) in [5, 5.41) is 7.17. The number of aldehydes is 1. The van der Waals surface area contributed by atoms with E-state index < -0.39 is 0 Å². The number of rotatable bonds is 3. The highest BCUT2D eigenvalue weighted by Gasteiger charge is 2.10. The molecule has 0 aliphatic carbocycles. The van der Waals surface area contributed by atoms with Crippen LogP contribution in [0.4, 0.5) is 4.39 Å². The van der Waals surface area contributed by atoms with Crippen molar-refractivity contribution in [2.45, 2.75) is 6.92 Å². The zero-order valence-corrected chi connectivity index (χ0v) is 11.4. The average Bonchev–Trinajstić information content (AvgIpc) is 2.97. The second kappa shape index (κ2) is 5.32. The highest BCUT2D eigenvalue weighted by atomic mass is 19.1. The highest BCUT2D eigenvalue weighted by Crippen LogP contribution is 2.26. The molecular weight excluding hydrogens is 267 g/mol. The van der Waals surface area contributed by atoms with Crippen molar-refractivity contribution in [1.29, 1.82) is 0 Å². The zero-order chi connectivity index (χ0) is 14.8. The summed E-state index contributed by atoms with van der Waals surface area (Å²) in [6, 6.07) is 13.6. The Labute approximate surface area is 121 Å². The molecule has 1 heterocycles. The van der Waals surface area contributed by atoms with Crippen LogP contribution in [-0.4, -0.2) is 16.5 Å². The second-order valence-electron chi connectivity index (χ2n) is 4.88. The maximum Gasteiger partial charge on any atom is 0.150 e. The molecule has 1 N–H and O–H groups in total. The molecule has 0 atom stereocenters. The average molecular weight is 280 g/mol. The summed E-state index contributed by atoms with van der Waals surface area (Å²) in [6.07, 6.45) is 0.827. The largest absolute Gasteiger partial charge is 0.298 e. The van der Waals surface area contributed by atoms with Crippen molar-refractivity contribution in [3.8, 4) is 22.5 Å². The van der Waals surface area contributed by atoms with Crippen molar-refractivity contribution in [1.82, 2.24) is 10.2 Å². The Morgan fingerprint density at radius 1 is 1.10 bits per heavy atom. The van der Waals surface area contributed by atoms with E-state index >= 15 is 0 Å². The van der Waals surface area contributed by atoms with Gasteiger partial charge in [-0.1, -0.05) is 17.7 Å². The Bertz CT molecular complexity index is 791. The quantitative estimate of drug-likeness (QED) is 0.737. The van der Waals surface area contributed by atoms with Crippen LogP contribution in [0.15, 0.2) is 48.5 Å². The molecule has 0 bridgehead atoms. The SMILES string of the molecule is Cc1ccc(C=O)c(-c2cc(-c3ccc(F)cc3)n[nH]2)c1. The summed E-state index contributed by atoms with van der Waals surface area (Å²) in [7, 11) is 0. The second-order valence-corrected chi connectivity index (χ2v) is 4.88. The molecule has 0 aliphatic rings. The Hall–Kier alpha value is -2.75. The minimum absolute atomic E-state index is 0.281. The topological polar surface area (TPSA) is 45.8 Å². The van der Waals surface area contributed by atoms with E-state index in [0.717, 1.165) is 28.7 Å². The number of nitrogens with zero attached hydrogens (tertiary/aromatic N) is 1. The normalized spacial score (nSPS) is 10.6. The van der Waals surface area contributed by atoms with Crippen molar-refractivity contribution in [3.63, 3.8) is 0 Å². The third-order valence-electron chi connectivity index (χ3n) is 3.34. The van der Waals surface area contributed by atoms with E-state index in [2.05, 4.69) is 10.2 Å². The Balaban J connectivity index is 2.04. The number of H-pyrrole nitrogens is 1. The standard InChI is InChI=1S/C17H13FN2O/c1-11-2-3-13(10-21)15(8-11)17-9-16(19-20-17)12-4-6-14(18)7-5-12/h2-10H,1H3,(H,19,20). The van der Waals surface area contributed by atoms with Gasteiger partial charge in [0.2, 0.25) is 0 Å². The number of benzene rings is 2. The molecule has 0 aliphatic heterocycles. The number of carbonyl (C=O) groups is 1. The molecule has 2 aromatic carbocycles. The predicted octanol–water partition coefficient (Wildman–Crippen LogP) is 4.00. The first kappa shape index (κ1) is 13.2. The van der Waals surface area contributed by atoms with E-state index in [9.17, 15) is 9.18 Å². The number of aryl methyl sites for hydroxylation is 1. The van der Waals surface area contributed by atoms with Gasteiger partial charge in [-0.2, -0.15) is 5.10 Å². The fourth-order valence-corrected chi connectivity index (χ4v) is 2.23. The van der Waals surface area contributed by atoms with Crippen LogP contribution in [0, 0.1) is 12.7 Å². The number of halogens is 1. The number of carbonyl (C=O) groups excluding carboxylic acids is 1. The van der Waals surface area contributed by atoms with Crippen LogP contribution in [0.2, 0.25) is 0 Å². The van der Waals surface area contributed by atoms with Gasteiger partial charge in [-0.3, -0.25) is 9.89 Å². The summed E-state index contributed by atoms with van der Waals surface area (Å²) >= 11 is 0.